The second-order valence-corrected chi connectivity index (χ2v) is 5.84. The van der Waals surface area contributed by atoms with Crippen LogP contribution < -0.4 is 0 Å². The topological polar surface area (TPSA) is 6.48 Å². The van der Waals surface area contributed by atoms with E-state index in [-0.39, 0.29) is 0 Å². The van der Waals surface area contributed by atoms with E-state index in [0.717, 1.165) is 19.1 Å². The Hall–Kier alpha value is -0.670. The van der Waals surface area contributed by atoms with Gasteiger partial charge in [0, 0.05) is 38.3 Å². The van der Waals surface area contributed by atoms with Crippen LogP contribution in [0.5, 0.6) is 0 Å². The van der Waals surface area contributed by atoms with E-state index in [0.29, 0.717) is 12.6 Å². The molecule has 2 rings (SSSR count). The molecular formula is C20H41FN2. The van der Waals surface area contributed by atoms with Gasteiger partial charge in [-0.05, 0) is 34.1 Å². The van der Waals surface area contributed by atoms with E-state index in [1.54, 1.807) is 6.08 Å². The van der Waals surface area contributed by atoms with Crippen LogP contribution in [0.3, 0.4) is 0 Å². The summed E-state index contributed by atoms with van der Waals surface area (Å²) in [5.74, 6) is 0. The van der Waals surface area contributed by atoms with Crippen LogP contribution >= 0.6 is 0 Å². The maximum absolute atomic E-state index is 12.7. The molecule has 0 bridgehead atoms. The van der Waals surface area contributed by atoms with Gasteiger partial charge in [-0.2, -0.15) is 0 Å². The van der Waals surface area contributed by atoms with Crippen molar-refractivity contribution in [1.82, 2.24) is 9.80 Å². The second-order valence-electron chi connectivity index (χ2n) is 5.84. The first-order valence-corrected chi connectivity index (χ1v) is 9.44. The minimum Gasteiger partial charge on any atom is -0.297 e. The van der Waals surface area contributed by atoms with Gasteiger partial charge in [-0.1, -0.05) is 52.0 Å². The Morgan fingerprint density at radius 2 is 1.35 bits per heavy atom. The van der Waals surface area contributed by atoms with E-state index in [9.17, 15) is 4.39 Å². The van der Waals surface area contributed by atoms with Gasteiger partial charge in [0.1, 0.15) is 6.17 Å². The van der Waals surface area contributed by atoms with Gasteiger partial charge in [0.25, 0.3) is 0 Å². The molecule has 0 spiro atoms. The van der Waals surface area contributed by atoms with Crippen LogP contribution in [-0.2, 0) is 0 Å². The lowest BCUT2D eigenvalue weighted by atomic mass is 10.2. The van der Waals surface area contributed by atoms with E-state index in [2.05, 4.69) is 49.6 Å². The summed E-state index contributed by atoms with van der Waals surface area (Å²) in [6.07, 6.45) is 8.53. The van der Waals surface area contributed by atoms with Crippen molar-refractivity contribution in [3.8, 4) is 0 Å². The summed E-state index contributed by atoms with van der Waals surface area (Å²) in [7, 11) is 0. The minimum atomic E-state index is -0.754. The fraction of sp³-hybridized carbons (Fsp3) is 0.800. The van der Waals surface area contributed by atoms with Crippen LogP contribution in [0.25, 0.3) is 0 Å². The Morgan fingerprint density at radius 3 is 1.65 bits per heavy atom. The lowest BCUT2D eigenvalue weighted by molar-refractivity contribution is 0.184. The van der Waals surface area contributed by atoms with Crippen LogP contribution in [-0.4, -0.2) is 54.2 Å². The Bertz CT molecular complexity index is 298. The molecule has 0 N–H and O–H groups in total. The Kier molecular flexibility index (Phi) is 17.3. The first kappa shape index (κ1) is 24.6. The second kappa shape index (κ2) is 16.2. The third kappa shape index (κ3) is 12.4. The summed E-state index contributed by atoms with van der Waals surface area (Å²) < 4.78 is 12.7. The highest BCUT2D eigenvalue weighted by atomic mass is 19.1. The normalized spacial score (nSPS) is 20.9. The Balaban J connectivity index is 0. The van der Waals surface area contributed by atoms with Gasteiger partial charge in [0.2, 0.25) is 0 Å². The molecule has 0 amide bonds. The Labute approximate surface area is 145 Å². The molecule has 2 aliphatic heterocycles. The fourth-order valence-corrected chi connectivity index (χ4v) is 2.25. The molecule has 0 fully saturated rings. The molecule has 0 aromatic rings. The summed E-state index contributed by atoms with van der Waals surface area (Å²) >= 11 is 0. The maximum Gasteiger partial charge on any atom is 0.131 e. The van der Waals surface area contributed by atoms with Gasteiger partial charge in [0.15, 0.2) is 0 Å². The average Bonchev–Trinajstić information content (AvgIpc) is 2.60. The van der Waals surface area contributed by atoms with Crippen molar-refractivity contribution in [2.75, 3.05) is 26.2 Å². The number of rotatable bonds is 2. The first-order chi connectivity index (χ1) is 11.0. The zero-order valence-electron chi connectivity index (χ0n) is 16.8. The van der Waals surface area contributed by atoms with Gasteiger partial charge in [-0.15, -0.1) is 0 Å². The zero-order valence-corrected chi connectivity index (χ0v) is 16.8. The third-order valence-electron chi connectivity index (χ3n) is 3.64. The van der Waals surface area contributed by atoms with Gasteiger partial charge in [0.05, 0.1) is 0 Å². The molecule has 1 atom stereocenters. The average molecular weight is 329 g/mol. The van der Waals surface area contributed by atoms with Gasteiger partial charge in [-0.3, -0.25) is 9.80 Å². The predicted octanol–water partition coefficient (Wildman–Crippen LogP) is 5.31. The molecule has 0 saturated heterocycles. The van der Waals surface area contributed by atoms with Gasteiger partial charge >= 0.3 is 0 Å². The molecule has 0 aromatic carbocycles. The number of alkyl halides is 1. The van der Waals surface area contributed by atoms with E-state index >= 15 is 0 Å². The fourth-order valence-electron chi connectivity index (χ4n) is 2.25. The van der Waals surface area contributed by atoms with E-state index in [1.165, 1.54) is 13.0 Å². The molecule has 2 aliphatic rings. The third-order valence-corrected chi connectivity index (χ3v) is 3.64. The molecule has 1 unspecified atom stereocenters. The molecule has 2 nitrogen and oxygen atoms in total. The highest BCUT2D eigenvalue weighted by Gasteiger charge is 2.15. The molecular weight excluding hydrogens is 287 g/mol. The lowest BCUT2D eigenvalue weighted by Gasteiger charge is -2.28. The predicted molar refractivity (Wildman–Crippen MR) is 104 cm³/mol. The standard InChI is InChI=1S/C8H14FN.C8H15N.2C2H6/c1-7(2)10-5-3-4-8(9)6-10;1-8(2)9-6-4-3-5-7-9;2*1-2/h3-4,7-8H,5-6H2,1-2H3;3-4,8H,5-7H2,1-2H3;2*1-2H3. The Morgan fingerprint density at radius 1 is 0.826 bits per heavy atom. The zero-order chi connectivity index (χ0) is 18.3. The van der Waals surface area contributed by atoms with E-state index in [4.69, 9.17) is 0 Å². The van der Waals surface area contributed by atoms with Gasteiger partial charge in [-0.25, -0.2) is 4.39 Å². The summed E-state index contributed by atoms with van der Waals surface area (Å²) in [6.45, 7) is 20.5. The van der Waals surface area contributed by atoms with Crippen LogP contribution in [0, 0.1) is 0 Å². The number of halogens is 1. The molecule has 23 heavy (non-hydrogen) atoms. The molecule has 0 aliphatic carbocycles. The first-order valence-electron chi connectivity index (χ1n) is 9.44. The summed E-state index contributed by atoms with van der Waals surface area (Å²) in [5.41, 5.74) is 0. The lowest BCUT2D eigenvalue weighted by Crippen LogP contribution is -2.38. The van der Waals surface area contributed by atoms with Crippen molar-refractivity contribution in [3.05, 3.63) is 24.3 Å². The van der Waals surface area contributed by atoms with Crippen molar-refractivity contribution in [1.29, 1.82) is 0 Å². The molecule has 2 heterocycles. The monoisotopic (exact) mass is 328 g/mol. The number of nitrogens with zero attached hydrogens (tertiary/aromatic N) is 2. The maximum atomic E-state index is 12.7. The van der Waals surface area contributed by atoms with Crippen molar-refractivity contribution in [2.45, 2.75) is 80.1 Å². The van der Waals surface area contributed by atoms with Crippen LogP contribution in [0.2, 0.25) is 0 Å². The quantitative estimate of drug-likeness (QED) is 0.633. The molecule has 0 radical (unpaired) electrons. The summed E-state index contributed by atoms with van der Waals surface area (Å²) in [6, 6.07) is 1.18. The molecule has 138 valence electrons. The highest BCUT2D eigenvalue weighted by molar-refractivity contribution is 4.98. The largest absolute Gasteiger partial charge is 0.297 e. The van der Waals surface area contributed by atoms with Crippen LogP contribution in [0.1, 0.15) is 61.8 Å². The SMILES string of the molecule is CC.CC.CC(C)N1CC=CC(F)C1.CC(C)N1CC=CCC1. The van der Waals surface area contributed by atoms with Gasteiger partial charge < -0.3 is 0 Å². The van der Waals surface area contributed by atoms with Crippen molar-refractivity contribution >= 4 is 0 Å². The summed E-state index contributed by atoms with van der Waals surface area (Å²) in [5, 5.41) is 0. The number of hydrogen-bond acceptors (Lipinski definition) is 2. The van der Waals surface area contributed by atoms with Crippen LogP contribution in [0.4, 0.5) is 4.39 Å². The molecule has 0 saturated carbocycles. The van der Waals surface area contributed by atoms with E-state index < -0.39 is 6.17 Å². The van der Waals surface area contributed by atoms with Crippen LogP contribution in [0.15, 0.2) is 24.3 Å². The van der Waals surface area contributed by atoms with E-state index in [1.807, 2.05) is 33.8 Å². The molecule has 0 aromatic heterocycles. The van der Waals surface area contributed by atoms with Crippen molar-refractivity contribution < 1.29 is 4.39 Å². The summed E-state index contributed by atoms with van der Waals surface area (Å²) in [4.78, 5) is 4.59. The minimum absolute atomic E-state index is 0.461. The highest BCUT2D eigenvalue weighted by Crippen LogP contribution is 2.08. The number of hydrogen-bond donors (Lipinski definition) is 0. The smallest absolute Gasteiger partial charge is 0.131 e. The van der Waals surface area contributed by atoms with Crippen molar-refractivity contribution in [3.63, 3.8) is 0 Å². The molecule has 3 heteroatoms. The van der Waals surface area contributed by atoms with Crippen molar-refractivity contribution in [2.24, 2.45) is 0 Å².